The fourth-order valence-corrected chi connectivity index (χ4v) is 1.63. The molecule has 100 valence electrons. The van der Waals surface area contributed by atoms with E-state index in [0.29, 0.717) is 11.6 Å². The van der Waals surface area contributed by atoms with Gasteiger partial charge in [-0.15, -0.1) is 0 Å². The molecule has 5 heteroatoms. The third kappa shape index (κ3) is 3.84. The van der Waals surface area contributed by atoms with Crippen LogP contribution in [0.3, 0.4) is 0 Å². The Morgan fingerprint density at radius 1 is 1.32 bits per heavy atom. The van der Waals surface area contributed by atoms with Crippen molar-refractivity contribution in [1.29, 1.82) is 0 Å². The van der Waals surface area contributed by atoms with Crippen molar-refractivity contribution in [3.05, 3.63) is 42.1 Å². The number of hydrogen-bond donors (Lipinski definition) is 1. The van der Waals surface area contributed by atoms with Crippen LogP contribution in [-0.2, 0) is 18.3 Å². The predicted molar refractivity (Wildman–Crippen MR) is 73.2 cm³/mol. The van der Waals surface area contributed by atoms with E-state index in [4.69, 9.17) is 4.74 Å². The van der Waals surface area contributed by atoms with Crippen molar-refractivity contribution in [1.82, 2.24) is 9.78 Å². The molecule has 1 aromatic heterocycles. The van der Waals surface area contributed by atoms with Crippen LogP contribution in [0.2, 0.25) is 0 Å². The molecule has 19 heavy (non-hydrogen) atoms. The summed E-state index contributed by atoms with van der Waals surface area (Å²) in [5.74, 6) is 0.990. The summed E-state index contributed by atoms with van der Waals surface area (Å²) in [5, 5.41) is 6.72. The quantitative estimate of drug-likeness (QED) is 0.893. The summed E-state index contributed by atoms with van der Waals surface area (Å²) in [7, 11) is 1.79. The zero-order chi connectivity index (χ0) is 13.7. The molecule has 2 rings (SSSR count). The molecular weight excluding hydrogens is 242 g/mol. The van der Waals surface area contributed by atoms with E-state index in [1.54, 1.807) is 24.0 Å². The first-order valence-corrected chi connectivity index (χ1v) is 6.18. The van der Waals surface area contributed by atoms with Crippen LogP contribution in [0.15, 0.2) is 36.5 Å². The lowest BCUT2D eigenvalue weighted by Gasteiger charge is -2.06. The number of amides is 1. The molecule has 0 fully saturated rings. The Morgan fingerprint density at radius 3 is 2.63 bits per heavy atom. The topological polar surface area (TPSA) is 56.1 Å². The van der Waals surface area contributed by atoms with E-state index >= 15 is 0 Å². The van der Waals surface area contributed by atoms with E-state index in [0.717, 1.165) is 6.42 Å². The summed E-state index contributed by atoms with van der Waals surface area (Å²) in [6, 6.07) is 9.45. The number of anilines is 1. The first-order valence-electron chi connectivity index (χ1n) is 6.18. The van der Waals surface area contributed by atoms with Crippen LogP contribution < -0.4 is 10.1 Å². The molecule has 2 aromatic rings. The van der Waals surface area contributed by atoms with Crippen molar-refractivity contribution in [3.63, 3.8) is 0 Å². The average molecular weight is 259 g/mol. The van der Waals surface area contributed by atoms with Gasteiger partial charge in [0.25, 0.3) is 5.91 Å². The number of carbonyl (C=O) groups is 1. The van der Waals surface area contributed by atoms with Crippen molar-refractivity contribution in [2.24, 2.45) is 7.05 Å². The molecule has 5 nitrogen and oxygen atoms in total. The molecule has 0 radical (unpaired) electrons. The van der Waals surface area contributed by atoms with Crippen LogP contribution in [0.25, 0.3) is 0 Å². The summed E-state index contributed by atoms with van der Waals surface area (Å²) in [5.41, 5.74) is 1.24. The van der Waals surface area contributed by atoms with E-state index in [-0.39, 0.29) is 12.5 Å². The minimum atomic E-state index is -0.224. The number of aryl methyl sites for hydroxylation is 2. The normalized spacial score (nSPS) is 10.2. The maximum Gasteiger partial charge on any atom is 0.263 e. The first kappa shape index (κ1) is 13.1. The van der Waals surface area contributed by atoms with Gasteiger partial charge in [-0.05, 0) is 24.1 Å². The van der Waals surface area contributed by atoms with E-state index in [9.17, 15) is 4.79 Å². The summed E-state index contributed by atoms with van der Waals surface area (Å²) in [6.45, 7) is 2.07. The summed E-state index contributed by atoms with van der Waals surface area (Å²) >= 11 is 0. The minimum absolute atomic E-state index is 0.0257. The van der Waals surface area contributed by atoms with E-state index in [2.05, 4.69) is 17.3 Å². The smallest absolute Gasteiger partial charge is 0.263 e. The molecule has 1 aromatic carbocycles. The van der Waals surface area contributed by atoms with E-state index in [1.165, 1.54) is 5.56 Å². The van der Waals surface area contributed by atoms with Gasteiger partial charge in [0.2, 0.25) is 0 Å². The second kappa shape index (κ2) is 6.04. The second-order valence-corrected chi connectivity index (χ2v) is 4.21. The molecule has 0 bridgehead atoms. The third-order valence-electron chi connectivity index (χ3n) is 2.68. The number of ether oxygens (including phenoxy) is 1. The minimum Gasteiger partial charge on any atom is -0.484 e. The van der Waals surface area contributed by atoms with Crippen LogP contribution in [0, 0.1) is 0 Å². The van der Waals surface area contributed by atoms with Crippen molar-refractivity contribution in [2.75, 3.05) is 11.9 Å². The second-order valence-electron chi connectivity index (χ2n) is 4.21. The molecule has 0 spiro atoms. The van der Waals surface area contributed by atoms with Gasteiger partial charge in [-0.3, -0.25) is 9.48 Å². The van der Waals surface area contributed by atoms with Gasteiger partial charge < -0.3 is 10.1 Å². The lowest BCUT2D eigenvalue weighted by atomic mass is 10.2. The van der Waals surface area contributed by atoms with Gasteiger partial charge in [0.15, 0.2) is 12.4 Å². The fraction of sp³-hybridized carbons (Fsp3) is 0.286. The van der Waals surface area contributed by atoms with Crippen molar-refractivity contribution >= 4 is 11.7 Å². The largest absolute Gasteiger partial charge is 0.484 e. The van der Waals surface area contributed by atoms with Crippen LogP contribution in [0.5, 0.6) is 5.75 Å². The Labute approximate surface area is 112 Å². The van der Waals surface area contributed by atoms with Gasteiger partial charge >= 0.3 is 0 Å². The van der Waals surface area contributed by atoms with E-state index < -0.39 is 0 Å². The lowest BCUT2D eigenvalue weighted by molar-refractivity contribution is -0.118. The maximum absolute atomic E-state index is 11.6. The van der Waals surface area contributed by atoms with Gasteiger partial charge in [0.05, 0.1) is 0 Å². The molecule has 0 saturated carbocycles. The number of carbonyl (C=O) groups excluding carboxylic acids is 1. The lowest BCUT2D eigenvalue weighted by Crippen LogP contribution is -2.20. The number of rotatable bonds is 5. The Hall–Kier alpha value is -2.30. The number of nitrogens with zero attached hydrogens (tertiary/aromatic N) is 2. The molecule has 0 aliphatic carbocycles. The third-order valence-corrected chi connectivity index (χ3v) is 2.68. The Bertz CT molecular complexity index is 546. The number of nitrogens with one attached hydrogen (secondary N) is 1. The van der Waals surface area contributed by atoms with Crippen LogP contribution in [-0.4, -0.2) is 22.3 Å². The number of hydrogen-bond acceptors (Lipinski definition) is 3. The van der Waals surface area contributed by atoms with Gasteiger partial charge in [0, 0.05) is 19.3 Å². The van der Waals surface area contributed by atoms with Gasteiger partial charge in [0.1, 0.15) is 5.75 Å². The Morgan fingerprint density at radius 2 is 2.05 bits per heavy atom. The predicted octanol–water partition coefficient (Wildman–Crippen LogP) is 2.00. The molecule has 1 heterocycles. The average Bonchev–Trinajstić information content (AvgIpc) is 2.82. The zero-order valence-corrected chi connectivity index (χ0v) is 11.1. The van der Waals surface area contributed by atoms with Crippen LogP contribution in [0.1, 0.15) is 12.5 Å². The highest BCUT2D eigenvalue weighted by atomic mass is 16.5. The van der Waals surface area contributed by atoms with Gasteiger partial charge in [-0.25, -0.2) is 0 Å². The highest BCUT2D eigenvalue weighted by Crippen LogP contribution is 2.12. The van der Waals surface area contributed by atoms with Crippen molar-refractivity contribution in [3.8, 4) is 5.75 Å². The SMILES string of the molecule is CCc1ccc(OCC(=O)Nc2ccn(C)n2)cc1. The molecular formula is C14H17N3O2. The molecule has 0 unspecified atom stereocenters. The standard InChI is InChI=1S/C14H17N3O2/c1-3-11-4-6-12(7-5-11)19-10-14(18)15-13-8-9-17(2)16-13/h4-9H,3,10H2,1-2H3,(H,15,16,18). The first-order chi connectivity index (χ1) is 9.17. The van der Waals surface area contributed by atoms with Crippen LogP contribution in [0.4, 0.5) is 5.82 Å². The number of benzene rings is 1. The molecule has 1 amide bonds. The molecule has 0 atom stereocenters. The van der Waals surface area contributed by atoms with E-state index in [1.807, 2.05) is 24.3 Å². The monoisotopic (exact) mass is 259 g/mol. The highest BCUT2D eigenvalue weighted by molar-refractivity contribution is 5.90. The Balaban J connectivity index is 1.82. The fourth-order valence-electron chi connectivity index (χ4n) is 1.63. The van der Waals surface area contributed by atoms with Crippen molar-refractivity contribution < 1.29 is 9.53 Å². The highest BCUT2D eigenvalue weighted by Gasteiger charge is 2.05. The Kier molecular flexibility index (Phi) is 4.18. The number of aromatic nitrogens is 2. The zero-order valence-electron chi connectivity index (χ0n) is 11.1. The summed E-state index contributed by atoms with van der Waals surface area (Å²) in [6.07, 6.45) is 2.75. The molecule has 0 aliphatic rings. The van der Waals surface area contributed by atoms with Crippen molar-refractivity contribution in [2.45, 2.75) is 13.3 Å². The summed E-state index contributed by atoms with van der Waals surface area (Å²) < 4.78 is 7.02. The molecule has 1 N–H and O–H groups in total. The molecule has 0 saturated heterocycles. The summed E-state index contributed by atoms with van der Waals surface area (Å²) in [4.78, 5) is 11.6. The van der Waals surface area contributed by atoms with Gasteiger partial charge in [-0.2, -0.15) is 5.10 Å². The van der Waals surface area contributed by atoms with Crippen LogP contribution >= 0.6 is 0 Å². The van der Waals surface area contributed by atoms with Gasteiger partial charge in [-0.1, -0.05) is 19.1 Å². The maximum atomic E-state index is 11.6. The molecule has 0 aliphatic heterocycles.